The smallest absolute Gasteiger partial charge is 0.338 e. The standard InChI is InChI=1S/C19H18ClNO2S/c1-11(2)10-23-19(22)14-9-16(17-5-4-8-24-17)21-18-12(3)15(20)7-6-13(14)18/h4-9,11H,10H2,1-3H3. The van der Waals surface area contributed by atoms with E-state index in [9.17, 15) is 4.79 Å². The van der Waals surface area contributed by atoms with Gasteiger partial charge in [-0.2, -0.15) is 0 Å². The molecule has 0 N–H and O–H groups in total. The van der Waals surface area contributed by atoms with E-state index >= 15 is 0 Å². The summed E-state index contributed by atoms with van der Waals surface area (Å²) in [6.07, 6.45) is 0. The third kappa shape index (κ3) is 3.30. The Morgan fingerprint density at radius 3 is 2.79 bits per heavy atom. The third-order valence-corrected chi connectivity index (χ3v) is 5.01. The quantitative estimate of drug-likeness (QED) is 0.558. The fourth-order valence-corrected chi connectivity index (χ4v) is 3.28. The van der Waals surface area contributed by atoms with E-state index in [2.05, 4.69) is 0 Å². The second kappa shape index (κ2) is 6.91. The number of rotatable bonds is 4. The molecule has 0 amide bonds. The molecule has 2 aromatic heterocycles. The minimum Gasteiger partial charge on any atom is -0.462 e. The molecule has 5 heteroatoms. The van der Waals surface area contributed by atoms with Gasteiger partial charge in [0.1, 0.15) is 0 Å². The number of aromatic nitrogens is 1. The number of benzene rings is 1. The molecule has 1 aromatic carbocycles. The Balaban J connectivity index is 2.18. The highest BCUT2D eigenvalue weighted by atomic mass is 35.5. The molecule has 0 atom stereocenters. The maximum atomic E-state index is 12.6. The summed E-state index contributed by atoms with van der Waals surface area (Å²) in [4.78, 5) is 18.3. The van der Waals surface area contributed by atoms with Gasteiger partial charge in [0.2, 0.25) is 0 Å². The van der Waals surface area contributed by atoms with Crippen molar-refractivity contribution in [2.24, 2.45) is 5.92 Å². The molecule has 0 aliphatic carbocycles. The van der Waals surface area contributed by atoms with Crippen LogP contribution in [0.25, 0.3) is 21.5 Å². The topological polar surface area (TPSA) is 39.2 Å². The monoisotopic (exact) mass is 359 g/mol. The number of halogens is 1. The summed E-state index contributed by atoms with van der Waals surface area (Å²) < 4.78 is 5.44. The molecular formula is C19H18ClNO2S. The van der Waals surface area contributed by atoms with Crippen LogP contribution in [0.1, 0.15) is 29.8 Å². The van der Waals surface area contributed by atoms with Crippen LogP contribution in [0, 0.1) is 12.8 Å². The highest BCUT2D eigenvalue weighted by Crippen LogP contribution is 2.32. The van der Waals surface area contributed by atoms with Crippen molar-refractivity contribution in [3.63, 3.8) is 0 Å². The number of aryl methyl sites for hydroxylation is 1. The van der Waals surface area contributed by atoms with Crippen LogP contribution in [-0.4, -0.2) is 17.6 Å². The van der Waals surface area contributed by atoms with Crippen molar-refractivity contribution in [1.29, 1.82) is 0 Å². The van der Waals surface area contributed by atoms with Gasteiger partial charge in [0.25, 0.3) is 0 Å². The zero-order valence-electron chi connectivity index (χ0n) is 13.8. The van der Waals surface area contributed by atoms with Gasteiger partial charge in [0.05, 0.1) is 28.3 Å². The molecule has 0 saturated carbocycles. The van der Waals surface area contributed by atoms with E-state index in [0.29, 0.717) is 17.2 Å². The van der Waals surface area contributed by atoms with Crippen molar-refractivity contribution in [2.75, 3.05) is 6.61 Å². The predicted molar refractivity (Wildman–Crippen MR) is 99.9 cm³/mol. The van der Waals surface area contributed by atoms with Gasteiger partial charge in [0.15, 0.2) is 0 Å². The number of hydrogen-bond donors (Lipinski definition) is 0. The summed E-state index contributed by atoms with van der Waals surface area (Å²) in [6.45, 7) is 6.33. The van der Waals surface area contributed by atoms with Crippen molar-refractivity contribution < 1.29 is 9.53 Å². The van der Waals surface area contributed by atoms with Gasteiger partial charge in [-0.15, -0.1) is 11.3 Å². The zero-order valence-corrected chi connectivity index (χ0v) is 15.4. The average Bonchev–Trinajstić information content (AvgIpc) is 3.09. The number of esters is 1. The van der Waals surface area contributed by atoms with E-state index in [0.717, 1.165) is 27.0 Å². The number of nitrogens with zero attached hydrogens (tertiary/aromatic N) is 1. The molecule has 0 unspecified atom stereocenters. The first-order chi connectivity index (χ1) is 11.5. The SMILES string of the molecule is Cc1c(Cl)ccc2c(C(=O)OCC(C)C)cc(-c3cccs3)nc12. The van der Waals surface area contributed by atoms with Gasteiger partial charge in [-0.1, -0.05) is 37.6 Å². The number of ether oxygens (including phenoxy) is 1. The van der Waals surface area contributed by atoms with Crippen LogP contribution in [0.4, 0.5) is 0 Å². The van der Waals surface area contributed by atoms with Crippen LogP contribution in [0.3, 0.4) is 0 Å². The normalized spacial score (nSPS) is 11.2. The van der Waals surface area contributed by atoms with E-state index in [-0.39, 0.29) is 11.9 Å². The van der Waals surface area contributed by atoms with Crippen molar-refractivity contribution >= 4 is 39.8 Å². The number of fused-ring (bicyclic) bond motifs is 1. The van der Waals surface area contributed by atoms with Crippen LogP contribution in [-0.2, 0) is 4.74 Å². The van der Waals surface area contributed by atoms with Gasteiger partial charge < -0.3 is 4.74 Å². The van der Waals surface area contributed by atoms with E-state index < -0.39 is 0 Å². The predicted octanol–water partition coefficient (Wildman–Crippen LogP) is 5.74. The van der Waals surface area contributed by atoms with E-state index in [4.69, 9.17) is 21.3 Å². The second-order valence-corrected chi connectivity index (χ2v) is 7.45. The average molecular weight is 360 g/mol. The summed E-state index contributed by atoms with van der Waals surface area (Å²) >= 11 is 7.83. The molecular weight excluding hydrogens is 342 g/mol. The van der Waals surface area contributed by atoms with Crippen molar-refractivity contribution in [2.45, 2.75) is 20.8 Å². The molecule has 124 valence electrons. The van der Waals surface area contributed by atoms with Gasteiger partial charge in [-0.3, -0.25) is 0 Å². The summed E-state index contributed by atoms with van der Waals surface area (Å²) in [5.74, 6) is -0.0365. The highest BCUT2D eigenvalue weighted by molar-refractivity contribution is 7.13. The molecule has 0 radical (unpaired) electrons. The zero-order chi connectivity index (χ0) is 17.3. The first-order valence-electron chi connectivity index (χ1n) is 7.78. The van der Waals surface area contributed by atoms with Crippen molar-refractivity contribution in [3.8, 4) is 10.6 Å². The lowest BCUT2D eigenvalue weighted by Crippen LogP contribution is -2.11. The lowest BCUT2D eigenvalue weighted by Gasteiger charge is -2.12. The fourth-order valence-electron chi connectivity index (χ4n) is 2.44. The molecule has 3 nitrogen and oxygen atoms in total. The number of hydrogen-bond acceptors (Lipinski definition) is 4. The molecule has 3 aromatic rings. The Morgan fingerprint density at radius 1 is 1.33 bits per heavy atom. The number of thiophene rings is 1. The molecule has 2 heterocycles. The van der Waals surface area contributed by atoms with E-state index in [1.54, 1.807) is 17.4 Å². The molecule has 0 fully saturated rings. The van der Waals surface area contributed by atoms with Gasteiger partial charge in [-0.05, 0) is 42.0 Å². The highest BCUT2D eigenvalue weighted by Gasteiger charge is 2.18. The lowest BCUT2D eigenvalue weighted by molar-refractivity contribution is 0.0461. The molecule has 0 saturated heterocycles. The molecule has 3 rings (SSSR count). The summed E-state index contributed by atoms with van der Waals surface area (Å²) in [5.41, 5.74) is 2.90. The van der Waals surface area contributed by atoms with E-state index in [1.165, 1.54) is 0 Å². The van der Waals surface area contributed by atoms with Crippen molar-refractivity contribution in [1.82, 2.24) is 4.98 Å². The van der Waals surface area contributed by atoms with Crippen LogP contribution in [0.2, 0.25) is 5.02 Å². The minimum atomic E-state index is -0.323. The Bertz CT molecular complexity index is 888. The first-order valence-corrected chi connectivity index (χ1v) is 9.04. The molecule has 0 bridgehead atoms. The second-order valence-electron chi connectivity index (χ2n) is 6.09. The third-order valence-electron chi connectivity index (χ3n) is 3.71. The Labute approximate surface area is 150 Å². The first kappa shape index (κ1) is 16.9. The van der Waals surface area contributed by atoms with Gasteiger partial charge in [-0.25, -0.2) is 9.78 Å². The maximum absolute atomic E-state index is 12.6. The molecule has 0 aliphatic rings. The molecule has 0 aliphatic heterocycles. The van der Waals surface area contributed by atoms with Crippen LogP contribution < -0.4 is 0 Å². The van der Waals surface area contributed by atoms with Crippen LogP contribution in [0.15, 0.2) is 35.7 Å². The van der Waals surface area contributed by atoms with Gasteiger partial charge >= 0.3 is 5.97 Å². The minimum absolute atomic E-state index is 0.287. The largest absolute Gasteiger partial charge is 0.462 e. The summed E-state index contributed by atoms with van der Waals surface area (Å²) in [6, 6.07) is 9.40. The Morgan fingerprint density at radius 2 is 2.12 bits per heavy atom. The molecule has 0 spiro atoms. The van der Waals surface area contributed by atoms with Crippen molar-refractivity contribution in [3.05, 3.63) is 51.9 Å². The Hall–Kier alpha value is -1.91. The van der Waals surface area contributed by atoms with Crippen LogP contribution in [0.5, 0.6) is 0 Å². The number of carbonyl (C=O) groups excluding carboxylic acids is 1. The fraction of sp³-hybridized carbons (Fsp3) is 0.263. The maximum Gasteiger partial charge on any atom is 0.338 e. The summed E-state index contributed by atoms with van der Waals surface area (Å²) in [7, 11) is 0. The van der Waals surface area contributed by atoms with E-state index in [1.807, 2.05) is 50.4 Å². The number of pyridine rings is 1. The molecule has 24 heavy (non-hydrogen) atoms. The summed E-state index contributed by atoms with van der Waals surface area (Å²) in [5, 5.41) is 3.40. The number of carbonyl (C=O) groups is 1. The Kier molecular flexibility index (Phi) is 4.88. The van der Waals surface area contributed by atoms with Crippen LogP contribution >= 0.6 is 22.9 Å². The lowest BCUT2D eigenvalue weighted by atomic mass is 10.0. The van der Waals surface area contributed by atoms with Gasteiger partial charge in [0, 0.05) is 10.4 Å².